The van der Waals surface area contributed by atoms with Gasteiger partial charge in [0.2, 0.25) is 0 Å². The second-order valence-electron chi connectivity index (χ2n) is 4.04. The van der Waals surface area contributed by atoms with E-state index in [1.165, 1.54) is 0 Å². The van der Waals surface area contributed by atoms with Crippen LogP contribution in [-0.4, -0.2) is 12.1 Å². The monoisotopic (exact) mass is 258 g/mol. The molecule has 0 spiro atoms. The number of carbonyl (C=O) groups is 1. The average Bonchev–Trinajstić information content (AvgIpc) is 2.75. The Bertz CT molecular complexity index is 587. The molecule has 0 atom stereocenters. The first-order valence-electron chi connectivity index (χ1n) is 5.61. The Kier molecular flexibility index (Phi) is 3.89. The molecule has 1 aromatic carbocycles. The molecule has 0 aliphatic heterocycles. The molecular weight excluding hydrogens is 244 g/mol. The number of nitrogens with zero attached hydrogens (tertiary/aromatic N) is 1. The van der Waals surface area contributed by atoms with E-state index in [4.69, 9.17) is 0 Å². The largest absolute Gasteiger partial charge is 0.271 e. The standard InChI is InChI=1S/C14H14N2OS/c1-10-4-3-5-12(8-10)14(17)16-15-9-13-11(2)6-7-18-13/h3-9H,1-2H3,(H,16,17)/b15-9-. The third kappa shape index (κ3) is 3.05. The van der Waals surface area contributed by atoms with Gasteiger partial charge in [-0.3, -0.25) is 4.79 Å². The van der Waals surface area contributed by atoms with Gasteiger partial charge in [0.25, 0.3) is 5.91 Å². The highest BCUT2D eigenvalue weighted by Gasteiger charge is 2.03. The van der Waals surface area contributed by atoms with E-state index in [0.29, 0.717) is 5.56 Å². The van der Waals surface area contributed by atoms with Gasteiger partial charge >= 0.3 is 0 Å². The Morgan fingerprint density at radius 3 is 2.83 bits per heavy atom. The predicted octanol–water partition coefficient (Wildman–Crippen LogP) is 3.13. The van der Waals surface area contributed by atoms with E-state index in [0.717, 1.165) is 16.0 Å². The van der Waals surface area contributed by atoms with Crippen LogP contribution in [0.1, 0.15) is 26.4 Å². The maximum absolute atomic E-state index is 11.8. The first-order valence-corrected chi connectivity index (χ1v) is 6.49. The van der Waals surface area contributed by atoms with E-state index in [-0.39, 0.29) is 5.91 Å². The van der Waals surface area contributed by atoms with Crippen molar-refractivity contribution in [3.8, 4) is 0 Å². The fourth-order valence-corrected chi connectivity index (χ4v) is 2.30. The molecule has 0 saturated carbocycles. The van der Waals surface area contributed by atoms with Gasteiger partial charge in [0.1, 0.15) is 0 Å². The third-order valence-corrected chi connectivity index (χ3v) is 3.48. The minimum atomic E-state index is -0.191. The number of hydrazone groups is 1. The van der Waals surface area contributed by atoms with Gasteiger partial charge in [-0.25, -0.2) is 5.43 Å². The number of amides is 1. The molecule has 0 aliphatic rings. The lowest BCUT2D eigenvalue weighted by molar-refractivity contribution is 0.0955. The lowest BCUT2D eigenvalue weighted by atomic mass is 10.1. The van der Waals surface area contributed by atoms with Crippen LogP contribution in [0.4, 0.5) is 0 Å². The van der Waals surface area contributed by atoms with Crippen molar-refractivity contribution in [1.29, 1.82) is 0 Å². The van der Waals surface area contributed by atoms with Crippen molar-refractivity contribution in [2.24, 2.45) is 5.10 Å². The van der Waals surface area contributed by atoms with Gasteiger partial charge in [0.05, 0.1) is 6.21 Å². The van der Waals surface area contributed by atoms with Crippen LogP contribution in [0, 0.1) is 13.8 Å². The molecule has 3 nitrogen and oxygen atoms in total. The minimum Gasteiger partial charge on any atom is -0.267 e. The van der Waals surface area contributed by atoms with Crippen molar-refractivity contribution < 1.29 is 4.79 Å². The fraction of sp³-hybridized carbons (Fsp3) is 0.143. The Labute approximate surface area is 110 Å². The second kappa shape index (κ2) is 5.60. The SMILES string of the molecule is Cc1cccc(C(=O)N/N=C\c2sccc2C)c1. The number of carbonyl (C=O) groups excluding carboxylic acids is 1. The molecule has 1 N–H and O–H groups in total. The molecular formula is C14H14N2OS. The molecule has 1 heterocycles. The summed E-state index contributed by atoms with van der Waals surface area (Å²) in [6.07, 6.45) is 1.67. The lowest BCUT2D eigenvalue weighted by Crippen LogP contribution is -2.17. The summed E-state index contributed by atoms with van der Waals surface area (Å²) in [5.74, 6) is -0.191. The zero-order valence-electron chi connectivity index (χ0n) is 10.3. The van der Waals surface area contributed by atoms with Crippen molar-refractivity contribution in [3.63, 3.8) is 0 Å². The maximum atomic E-state index is 11.8. The number of benzene rings is 1. The predicted molar refractivity (Wildman–Crippen MR) is 75.3 cm³/mol. The summed E-state index contributed by atoms with van der Waals surface area (Å²) in [6, 6.07) is 9.44. The van der Waals surface area contributed by atoms with Crippen molar-refractivity contribution in [1.82, 2.24) is 5.43 Å². The van der Waals surface area contributed by atoms with Gasteiger partial charge in [0, 0.05) is 10.4 Å². The molecule has 0 bridgehead atoms. The summed E-state index contributed by atoms with van der Waals surface area (Å²) in [5.41, 5.74) is 5.37. The van der Waals surface area contributed by atoms with Gasteiger partial charge in [-0.1, -0.05) is 17.7 Å². The molecule has 2 rings (SSSR count). The molecule has 92 valence electrons. The molecule has 1 aromatic heterocycles. The minimum absolute atomic E-state index is 0.191. The second-order valence-corrected chi connectivity index (χ2v) is 4.98. The lowest BCUT2D eigenvalue weighted by Gasteiger charge is -2.00. The molecule has 18 heavy (non-hydrogen) atoms. The summed E-state index contributed by atoms with van der Waals surface area (Å²) in [4.78, 5) is 12.8. The van der Waals surface area contributed by atoms with Crippen LogP contribution in [0.5, 0.6) is 0 Å². The Hall–Kier alpha value is -1.94. The topological polar surface area (TPSA) is 41.5 Å². The third-order valence-electron chi connectivity index (χ3n) is 2.53. The quantitative estimate of drug-likeness (QED) is 0.667. The van der Waals surface area contributed by atoms with Crippen LogP contribution >= 0.6 is 11.3 Å². The van der Waals surface area contributed by atoms with E-state index < -0.39 is 0 Å². The first-order chi connectivity index (χ1) is 8.66. The zero-order valence-corrected chi connectivity index (χ0v) is 11.1. The van der Waals surface area contributed by atoms with E-state index >= 15 is 0 Å². The van der Waals surface area contributed by atoms with Gasteiger partial charge in [0.15, 0.2) is 0 Å². The van der Waals surface area contributed by atoms with E-state index in [1.54, 1.807) is 23.6 Å². The molecule has 0 fully saturated rings. The number of nitrogens with one attached hydrogen (secondary N) is 1. The molecule has 1 amide bonds. The highest BCUT2D eigenvalue weighted by molar-refractivity contribution is 7.11. The number of aryl methyl sites for hydroxylation is 2. The van der Waals surface area contributed by atoms with Gasteiger partial charge in [-0.15, -0.1) is 11.3 Å². The van der Waals surface area contributed by atoms with Crippen LogP contribution in [-0.2, 0) is 0 Å². The summed E-state index contributed by atoms with van der Waals surface area (Å²) in [5, 5.41) is 5.97. The average molecular weight is 258 g/mol. The van der Waals surface area contributed by atoms with Gasteiger partial charge in [-0.2, -0.15) is 5.10 Å². The number of hydrogen-bond donors (Lipinski definition) is 1. The van der Waals surface area contributed by atoms with Crippen LogP contribution in [0.3, 0.4) is 0 Å². The highest BCUT2D eigenvalue weighted by atomic mass is 32.1. The zero-order chi connectivity index (χ0) is 13.0. The summed E-state index contributed by atoms with van der Waals surface area (Å²) >= 11 is 1.60. The molecule has 0 aliphatic carbocycles. The Morgan fingerprint density at radius 2 is 2.17 bits per heavy atom. The molecule has 2 aromatic rings. The number of thiophene rings is 1. The molecule has 0 saturated heterocycles. The van der Waals surface area contributed by atoms with E-state index in [9.17, 15) is 4.79 Å². The van der Waals surface area contributed by atoms with Crippen LogP contribution in [0.15, 0.2) is 40.8 Å². The number of hydrogen-bond acceptors (Lipinski definition) is 3. The van der Waals surface area contributed by atoms with Crippen LogP contribution in [0.25, 0.3) is 0 Å². The fourth-order valence-electron chi connectivity index (χ4n) is 1.52. The molecule has 0 radical (unpaired) electrons. The first kappa shape index (κ1) is 12.5. The van der Waals surface area contributed by atoms with Crippen molar-refractivity contribution in [3.05, 3.63) is 57.3 Å². The number of rotatable bonds is 3. The van der Waals surface area contributed by atoms with Crippen LogP contribution < -0.4 is 5.43 Å². The maximum Gasteiger partial charge on any atom is 0.271 e. The van der Waals surface area contributed by atoms with Crippen LogP contribution in [0.2, 0.25) is 0 Å². The van der Waals surface area contributed by atoms with Gasteiger partial charge < -0.3 is 0 Å². The Balaban J connectivity index is 2.01. The molecule has 4 heteroatoms. The Morgan fingerprint density at radius 1 is 1.33 bits per heavy atom. The van der Waals surface area contributed by atoms with E-state index in [2.05, 4.69) is 10.5 Å². The van der Waals surface area contributed by atoms with Crippen molar-refractivity contribution in [2.45, 2.75) is 13.8 Å². The summed E-state index contributed by atoms with van der Waals surface area (Å²) in [7, 11) is 0. The van der Waals surface area contributed by atoms with Gasteiger partial charge in [-0.05, 0) is 43.0 Å². The van der Waals surface area contributed by atoms with Crippen molar-refractivity contribution in [2.75, 3.05) is 0 Å². The normalized spacial score (nSPS) is 10.8. The molecule has 0 unspecified atom stereocenters. The summed E-state index contributed by atoms with van der Waals surface area (Å²) < 4.78 is 0. The highest BCUT2D eigenvalue weighted by Crippen LogP contribution is 2.12. The summed E-state index contributed by atoms with van der Waals surface area (Å²) in [6.45, 7) is 3.97. The van der Waals surface area contributed by atoms with E-state index in [1.807, 2.05) is 43.5 Å². The smallest absolute Gasteiger partial charge is 0.267 e. The van der Waals surface area contributed by atoms with Crippen molar-refractivity contribution >= 4 is 23.5 Å².